The smallest absolute Gasteiger partial charge is 0.135 e. The lowest BCUT2D eigenvalue weighted by Crippen LogP contribution is -2.08. The molecule has 0 amide bonds. The molecular weight excluding hydrogens is 286 g/mol. The summed E-state index contributed by atoms with van der Waals surface area (Å²) in [4.78, 5) is 6.63. The average Bonchev–Trinajstić information content (AvgIpc) is 3.08. The van der Waals surface area contributed by atoms with Crippen molar-refractivity contribution in [3.8, 4) is 28.7 Å². The van der Waals surface area contributed by atoms with Crippen molar-refractivity contribution < 1.29 is 4.42 Å². The second kappa shape index (κ2) is 5.98. The van der Waals surface area contributed by atoms with Crippen LogP contribution >= 0.6 is 0 Å². The van der Waals surface area contributed by atoms with Gasteiger partial charge in [-0.3, -0.25) is 4.98 Å². The van der Waals surface area contributed by atoms with Gasteiger partial charge in [0.2, 0.25) is 0 Å². The first-order valence-electron chi connectivity index (χ1n) is 7.33. The van der Waals surface area contributed by atoms with E-state index in [4.69, 9.17) is 4.42 Å². The van der Waals surface area contributed by atoms with Crippen LogP contribution in [0.25, 0.3) is 22.6 Å². The van der Waals surface area contributed by atoms with E-state index in [9.17, 15) is 5.26 Å². The van der Waals surface area contributed by atoms with Crippen molar-refractivity contribution >= 4 is 5.69 Å². The van der Waals surface area contributed by atoms with E-state index in [-0.39, 0.29) is 0 Å². The molecule has 0 spiro atoms. The van der Waals surface area contributed by atoms with Crippen molar-refractivity contribution in [2.24, 2.45) is 0 Å². The fourth-order valence-corrected chi connectivity index (χ4v) is 2.52. The Hall–Kier alpha value is -3.06. The van der Waals surface area contributed by atoms with Crippen LogP contribution < -0.4 is 4.90 Å². The number of anilines is 1. The molecule has 3 rings (SSSR count). The molecule has 0 aliphatic rings. The van der Waals surface area contributed by atoms with Gasteiger partial charge in [0.15, 0.2) is 0 Å². The molecule has 4 nitrogen and oxygen atoms in total. The van der Waals surface area contributed by atoms with Gasteiger partial charge >= 0.3 is 0 Å². The first kappa shape index (κ1) is 14.9. The molecule has 2 aromatic heterocycles. The quantitative estimate of drug-likeness (QED) is 0.725. The largest absolute Gasteiger partial charge is 0.464 e. The third-order valence-electron chi connectivity index (χ3n) is 3.78. The van der Waals surface area contributed by atoms with E-state index < -0.39 is 0 Å². The van der Waals surface area contributed by atoms with Gasteiger partial charge < -0.3 is 9.32 Å². The minimum atomic E-state index is 0.550. The predicted molar refractivity (Wildman–Crippen MR) is 91.2 cm³/mol. The Morgan fingerprint density at radius 2 is 1.87 bits per heavy atom. The van der Waals surface area contributed by atoms with Crippen LogP contribution in [0.15, 0.2) is 53.1 Å². The summed E-state index contributed by atoms with van der Waals surface area (Å²) < 4.78 is 5.47. The summed E-state index contributed by atoms with van der Waals surface area (Å²) in [7, 11) is 4.02. The fraction of sp³-hybridized carbons (Fsp3) is 0.158. The molecule has 0 aliphatic carbocycles. The van der Waals surface area contributed by atoms with Gasteiger partial charge in [-0.2, -0.15) is 5.26 Å². The van der Waals surface area contributed by atoms with Gasteiger partial charge in [0.05, 0.1) is 23.2 Å². The summed E-state index contributed by atoms with van der Waals surface area (Å²) in [5.74, 6) is 0.679. The van der Waals surface area contributed by atoms with E-state index in [1.54, 1.807) is 6.26 Å². The van der Waals surface area contributed by atoms with Crippen LogP contribution in [-0.2, 0) is 0 Å². The van der Waals surface area contributed by atoms with Crippen molar-refractivity contribution in [3.63, 3.8) is 0 Å². The average molecular weight is 303 g/mol. The summed E-state index contributed by atoms with van der Waals surface area (Å²) >= 11 is 0. The van der Waals surface area contributed by atoms with E-state index in [1.165, 1.54) is 0 Å². The van der Waals surface area contributed by atoms with Gasteiger partial charge in [-0.25, -0.2) is 0 Å². The fourth-order valence-electron chi connectivity index (χ4n) is 2.52. The predicted octanol–water partition coefficient (Wildman–Crippen LogP) is 4.25. The maximum Gasteiger partial charge on any atom is 0.135 e. The molecule has 0 aliphatic heterocycles. The number of hydrogen-bond donors (Lipinski definition) is 0. The Bertz CT molecular complexity index is 857. The van der Waals surface area contributed by atoms with Gasteiger partial charge in [-0.15, -0.1) is 0 Å². The van der Waals surface area contributed by atoms with E-state index in [1.807, 2.05) is 51.4 Å². The molecule has 23 heavy (non-hydrogen) atoms. The molecule has 0 atom stereocenters. The monoisotopic (exact) mass is 303 g/mol. The minimum absolute atomic E-state index is 0.550. The molecular formula is C19H17N3O. The van der Waals surface area contributed by atoms with Gasteiger partial charge in [0.25, 0.3) is 0 Å². The van der Waals surface area contributed by atoms with E-state index in [2.05, 4.69) is 28.1 Å². The number of nitriles is 1. The highest BCUT2D eigenvalue weighted by molar-refractivity contribution is 5.74. The third-order valence-corrected chi connectivity index (χ3v) is 3.78. The zero-order valence-corrected chi connectivity index (χ0v) is 13.4. The number of aromatic nitrogens is 1. The maximum atomic E-state index is 9.42. The molecule has 114 valence electrons. The molecule has 4 heteroatoms. The molecule has 0 saturated heterocycles. The SMILES string of the molecule is Cc1nc(-c2ccc(N(C)C)cc2)cc(-c2ccco2)c1C#N. The summed E-state index contributed by atoms with van der Waals surface area (Å²) in [5.41, 5.74) is 5.00. The number of rotatable bonds is 3. The number of aryl methyl sites for hydroxylation is 1. The standard InChI is InChI=1S/C19H17N3O/c1-13-17(12-20)16(19-5-4-10-23-19)11-18(21-13)14-6-8-15(9-7-14)22(2)3/h4-11H,1-3H3. The molecule has 0 fully saturated rings. The summed E-state index contributed by atoms with van der Waals surface area (Å²) in [6, 6.07) is 16.0. The number of furan rings is 1. The molecule has 0 N–H and O–H groups in total. The summed E-state index contributed by atoms with van der Waals surface area (Å²) in [5, 5.41) is 9.42. The Morgan fingerprint density at radius 3 is 2.43 bits per heavy atom. The van der Waals surface area contributed by atoms with Gasteiger partial charge in [0, 0.05) is 30.9 Å². The Morgan fingerprint density at radius 1 is 1.13 bits per heavy atom. The van der Waals surface area contributed by atoms with Crippen molar-refractivity contribution in [1.29, 1.82) is 5.26 Å². The van der Waals surface area contributed by atoms with Crippen molar-refractivity contribution in [1.82, 2.24) is 4.98 Å². The first-order chi connectivity index (χ1) is 11.1. The molecule has 0 radical (unpaired) electrons. The second-order valence-corrected chi connectivity index (χ2v) is 5.55. The second-order valence-electron chi connectivity index (χ2n) is 5.55. The lowest BCUT2D eigenvalue weighted by molar-refractivity contribution is 0.582. The lowest BCUT2D eigenvalue weighted by atomic mass is 10.0. The van der Waals surface area contributed by atoms with Gasteiger partial charge in [0.1, 0.15) is 11.8 Å². The van der Waals surface area contributed by atoms with Crippen molar-refractivity contribution in [2.75, 3.05) is 19.0 Å². The normalized spacial score (nSPS) is 10.3. The Labute approximate surface area is 135 Å². The highest BCUT2D eigenvalue weighted by Gasteiger charge is 2.14. The van der Waals surface area contributed by atoms with E-state index in [0.717, 1.165) is 22.5 Å². The molecule has 0 unspecified atom stereocenters. The number of benzene rings is 1. The minimum Gasteiger partial charge on any atom is -0.464 e. The highest BCUT2D eigenvalue weighted by Crippen LogP contribution is 2.30. The third kappa shape index (κ3) is 2.82. The van der Waals surface area contributed by atoms with Crippen LogP contribution in [0, 0.1) is 18.3 Å². The molecule has 0 bridgehead atoms. The van der Waals surface area contributed by atoms with Gasteiger partial charge in [-0.1, -0.05) is 12.1 Å². The van der Waals surface area contributed by atoms with Crippen LogP contribution in [0.1, 0.15) is 11.3 Å². The summed E-state index contributed by atoms with van der Waals surface area (Å²) in [6.07, 6.45) is 1.61. The zero-order valence-electron chi connectivity index (χ0n) is 13.4. The van der Waals surface area contributed by atoms with Crippen LogP contribution in [0.2, 0.25) is 0 Å². The molecule has 3 aromatic rings. The highest BCUT2D eigenvalue weighted by atomic mass is 16.3. The number of hydrogen-bond acceptors (Lipinski definition) is 4. The first-order valence-corrected chi connectivity index (χ1v) is 7.33. The maximum absolute atomic E-state index is 9.42. The van der Waals surface area contributed by atoms with Crippen molar-refractivity contribution in [3.05, 3.63) is 60.0 Å². The van der Waals surface area contributed by atoms with Crippen LogP contribution in [-0.4, -0.2) is 19.1 Å². The molecule has 0 saturated carbocycles. The van der Waals surface area contributed by atoms with Gasteiger partial charge in [-0.05, 0) is 37.3 Å². The number of nitrogens with zero attached hydrogens (tertiary/aromatic N) is 3. The zero-order chi connectivity index (χ0) is 16.4. The Kier molecular flexibility index (Phi) is 3.86. The topological polar surface area (TPSA) is 53.1 Å². The number of pyridine rings is 1. The van der Waals surface area contributed by atoms with Crippen molar-refractivity contribution in [2.45, 2.75) is 6.92 Å². The van der Waals surface area contributed by atoms with E-state index in [0.29, 0.717) is 17.0 Å². The molecule has 2 heterocycles. The lowest BCUT2D eigenvalue weighted by Gasteiger charge is -2.13. The van der Waals surface area contributed by atoms with Crippen LogP contribution in [0.4, 0.5) is 5.69 Å². The molecule has 1 aromatic carbocycles. The van der Waals surface area contributed by atoms with E-state index >= 15 is 0 Å². The Balaban J connectivity index is 2.12. The summed E-state index contributed by atoms with van der Waals surface area (Å²) in [6.45, 7) is 1.85. The van der Waals surface area contributed by atoms with Crippen LogP contribution in [0.5, 0.6) is 0 Å². The van der Waals surface area contributed by atoms with Crippen LogP contribution in [0.3, 0.4) is 0 Å².